The summed E-state index contributed by atoms with van der Waals surface area (Å²) in [7, 11) is 1.61. The first-order valence-corrected chi connectivity index (χ1v) is 6.14. The van der Waals surface area contributed by atoms with Gasteiger partial charge in [0.05, 0.1) is 23.7 Å². The van der Waals surface area contributed by atoms with Crippen molar-refractivity contribution in [2.75, 3.05) is 19.0 Å². The third kappa shape index (κ3) is 5.13. The Bertz CT molecular complexity index is 435. The zero-order valence-corrected chi connectivity index (χ0v) is 11.7. The van der Waals surface area contributed by atoms with E-state index in [9.17, 15) is 10.1 Å². The fourth-order valence-electron chi connectivity index (χ4n) is 1.69. The summed E-state index contributed by atoms with van der Waals surface area (Å²) in [6.45, 7) is 6.20. The largest absolute Gasteiger partial charge is 0.491 e. The molecule has 0 aliphatic carbocycles. The molecule has 1 atom stereocenters. The molecular formula is C13H20N2O4. The van der Waals surface area contributed by atoms with Crippen LogP contribution < -0.4 is 10.1 Å². The molecule has 1 rings (SSSR count). The van der Waals surface area contributed by atoms with Gasteiger partial charge in [-0.15, -0.1) is 0 Å². The monoisotopic (exact) mass is 268 g/mol. The van der Waals surface area contributed by atoms with Gasteiger partial charge in [-0.3, -0.25) is 10.1 Å². The van der Waals surface area contributed by atoms with E-state index < -0.39 is 4.92 Å². The van der Waals surface area contributed by atoms with E-state index in [1.807, 2.05) is 20.8 Å². The molecule has 0 radical (unpaired) electrons. The van der Waals surface area contributed by atoms with Crippen LogP contribution in [0.1, 0.15) is 20.8 Å². The SMILES string of the molecule is COCC(C)Nc1cc(OC(C)C)cc([N+](=O)[O-])c1. The van der Waals surface area contributed by atoms with Gasteiger partial charge in [-0.25, -0.2) is 0 Å². The van der Waals surface area contributed by atoms with Crippen LogP contribution in [-0.4, -0.2) is 30.8 Å². The number of nitrogens with one attached hydrogen (secondary N) is 1. The Hall–Kier alpha value is -1.82. The molecule has 0 aliphatic rings. The highest BCUT2D eigenvalue weighted by Gasteiger charge is 2.12. The van der Waals surface area contributed by atoms with Gasteiger partial charge in [0.25, 0.3) is 5.69 Å². The zero-order valence-electron chi connectivity index (χ0n) is 11.7. The van der Waals surface area contributed by atoms with Crippen LogP contribution in [-0.2, 0) is 4.74 Å². The molecule has 0 aliphatic heterocycles. The minimum Gasteiger partial charge on any atom is -0.491 e. The van der Waals surface area contributed by atoms with Gasteiger partial charge >= 0.3 is 0 Å². The number of benzene rings is 1. The molecule has 6 nitrogen and oxygen atoms in total. The second-order valence-corrected chi connectivity index (χ2v) is 4.64. The molecule has 6 heteroatoms. The number of non-ortho nitro benzene ring substituents is 1. The second kappa shape index (κ2) is 6.94. The maximum absolute atomic E-state index is 10.9. The van der Waals surface area contributed by atoms with Crippen LogP contribution in [0.2, 0.25) is 0 Å². The van der Waals surface area contributed by atoms with Gasteiger partial charge in [0.1, 0.15) is 5.75 Å². The van der Waals surface area contributed by atoms with Gasteiger partial charge < -0.3 is 14.8 Å². The van der Waals surface area contributed by atoms with Crippen LogP contribution in [0.3, 0.4) is 0 Å². The molecule has 1 aromatic carbocycles. The number of hydrogen-bond acceptors (Lipinski definition) is 5. The van der Waals surface area contributed by atoms with Gasteiger partial charge in [-0.2, -0.15) is 0 Å². The first-order valence-electron chi connectivity index (χ1n) is 6.14. The van der Waals surface area contributed by atoms with Crippen molar-refractivity contribution in [3.05, 3.63) is 28.3 Å². The maximum Gasteiger partial charge on any atom is 0.275 e. The van der Waals surface area contributed by atoms with Crippen LogP contribution >= 0.6 is 0 Å². The molecule has 0 bridgehead atoms. The first-order chi connectivity index (χ1) is 8.92. The highest BCUT2D eigenvalue weighted by atomic mass is 16.6. The lowest BCUT2D eigenvalue weighted by Gasteiger charge is -2.16. The highest BCUT2D eigenvalue weighted by Crippen LogP contribution is 2.27. The fourth-order valence-corrected chi connectivity index (χ4v) is 1.69. The number of ether oxygens (including phenoxy) is 2. The average Bonchev–Trinajstić information content (AvgIpc) is 2.27. The standard InChI is InChI=1S/C13H20N2O4/c1-9(2)19-13-6-11(14-10(3)8-18-4)5-12(7-13)15(16)17/h5-7,9-10,14H,8H2,1-4H3. The highest BCUT2D eigenvalue weighted by molar-refractivity contribution is 5.56. The van der Waals surface area contributed by atoms with Gasteiger partial charge in [0.15, 0.2) is 0 Å². The predicted molar refractivity (Wildman–Crippen MR) is 73.8 cm³/mol. The van der Waals surface area contributed by atoms with Crippen molar-refractivity contribution in [2.24, 2.45) is 0 Å². The van der Waals surface area contributed by atoms with Crippen molar-refractivity contribution >= 4 is 11.4 Å². The molecule has 106 valence electrons. The van der Waals surface area contributed by atoms with E-state index in [1.165, 1.54) is 12.1 Å². The Labute approximate surface area is 112 Å². The summed E-state index contributed by atoms with van der Waals surface area (Å²) in [5.74, 6) is 0.483. The van der Waals surface area contributed by atoms with E-state index in [4.69, 9.17) is 9.47 Å². The normalized spacial score (nSPS) is 12.3. The molecule has 0 saturated carbocycles. The molecule has 1 unspecified atom stereocenters. The van der Waals surface area contributed by atoms with Crippen LogP contribution in [0, 0.1) is 10.1 Å². The van der Waals surface area contributed by atoms with Crippen LogP contribution in [0.4, 0.5) is 11.4 Å². The number of nitro groups is 1. The molecule has 1 aromatic rings. The maximum atomic E-state index is 10.9. The van der Waals surface area contributed by atoms with Crippen molar-refractivity contribution in [3.63, 3.8) is 0 Å². The number of methoxy groups -OCH3 is 1. The minimum atomic E-state index is -0.431. The fraction of sp³-hybridized carbons (Fsp3) is 0.538. The van der Waals surface area contributed by atoms with Gasteiger partial charge in [-0.1, -0.05) is 0 Å². The zero-order chi connectivity index (χ0) is 14.4. The summed E-state index contributed by atoms with van der Waals surface area (Å²) in [6.07, 6.45) is -0.0359. The van der Waals surface area contributed by atoms with E-state index in [-0.39, 0.29) is 17.8 Å². The van der Waals surface area contributed by atoms with Crippen molar-refractivity contribution in [3.8, 4) is 5.75 Å². The van der Waals surface area contributed by atoms with E-state index in [2.05, 4.69) is 5.32 Å². The Morgan fingerprint density at radius 1 is 1.32 bits per heavy atom. The summed E-state index contributed by atoms with van der Waals surface area (Å²) < 4.78 is 10.5. The molecule has 0 spiro atoms. The van der Waals surface area contributed by atoms with Gasteiger partial charge in [0, 0.05) is 31.0 Å². The van der Waals surface area contributed by atoms with Crippen molar-refractivity contribution in [1.29, 1.82) is 0 Å². The molecule has 0 heterocycles. The lowest BCUT2D eigenvalue weighted by Crippen LogP contribution is -2.20. The lowest BCUT2D eigenvalue weighted by atomic mass is 10.2. The quantitative estimate of drug-likeness (QED) is 0.608. The first kappa shape index (κ1) is 15.2. The number of hydrogen-bond donors (Lipinski definition) is 1. The summed E-state index contributed by atoms with van der Waals surface area (Å²) >= 11 is 0. The van der Waals surface area contributed by atoms with Crippen molar-refractivity contribution < 1.29 is 14.4 Å². The molecule has 0 fully saturated rings. The number of nitro benzene ring substituents is 1. The predicted octanol–water partition coefficient (Wildman–Crippen LogP) is 2.83. The smallest absolute Gasteiger partial charge is 0.275 e. The average molecular weight is 268 g/mol. The summed E-state index contributed by atoms with van der Waals surface area (Å²) in [4.78, 5) is 10.5. The van der Waals surface area contributed by atoms with Crippen molar-refractivity contribution in [2.45, 2.75) is 32.9 Å². The lowest BCUT2D eigenvalue weighted by molar-refractivity contribution is -0.384. The summed E-state index contributed by atoms with van der Waals surface area (Å²) in [5, 5.41) is 14.0. The van der Waals surface area contributed by atoms with Gasteiger partial charge in [0.2, 0.25) is 0 Å². The van der Waals surface area contributed by atoms with Crippen LogP contribution in [0.15, 0.2) is 18.2 Å². The molecular weight excluding hydrogens is 248 g/mol. The topological polar surface area (TPSA) is 73.6 Å². The molecule has 19 heavy (non-hydrogen) atoms. The van der Waals surface area contributed by atoms with E-state index in [0.717, 1.165) is 0 Å². The Balaban J connectivity index is 2.95. The third-order valence-corrected chi connectivity index (χ3v) is 2.30. The second-order valence-electron chi connectivity index (χ2n) is 4.64. The van der Waals surface area contributed by atoms with E-state index in [1.54, 1.807) is 13.2 Å². The summed E-state index contributed by atoms with van der Waals surface area (Å²) in [6, 6.07) is 4.71. The number of nitrogens with zero attached hydrogens (tertiary/aromatic N) is 1. The molecule has 0 amide bonds. The Morgan fingerprint density at radius 2 is 2.00 bits per heavy atom. The molecule has 1 N–H and O–H groups in total. The Kier molecular flexibility index (Phi) is 5.57. The van der Waals surface area contributed by atoms with Crippen LogP contribution in [0.25, 0.3) is 0 Å². The minimum absolute atomic E-state index is 0.00488. The van der Waals surface area contributed by atoms with Crippen LogP contribution in [0.5, 0.6) is 5.75 Å². The molecule has 0 aromatic heterocycles. The van der Waals surface area contributed by atoms with E-state index in [0.29, 0.717) is 18.0 Å². The molecule has 0 saturated heterocycles. The number of anilines is 1. The third-order valence-electron chi connectivity index (χ3n) is 2.30. The van der Waals surface area contributed by atoms with Gasteiger partial charge in [-0.05, 0) is 20.8 Å². The summed E-state index contributed by atoms with van der Waals surface area (Å²) in [5.41, 5.74) is 0.652. The van der Waals surface area contributed by atoms with Crippen molar-refractivity contribution in [1.82, 2.24) is 0 Å². The Morgan fingerprint density at radius 3 is 2.53 bits per heavy atom. The number of rotatable bonds is 7. The van der Waals surface area contributed by atoms with E-state index >= 15 is 0 Å².